The summed E-state index contributed by atoms with van der Waals surface area (Å²) in [6.07, 6.45) is 5.00. The topological polar surface area (TPSA) is 72.7 Å². The van der Waals surface area contributed by atoms with Crippen molar-refractivity contribution in [3.63, 3.8) is 0 Å². The van der Waals surface area contributed by atoms with E-state index in [0.29, 0.717) is 10.8 Å². The molecular weight excluding hydrogens is 274 g/mol. The number of anilines is 1. The van der Waals surface area contributed by atoms with Crippen molar-refractivity contribution in [1.29, 1.82) is 0 Å². The van der Waals surface area contributed by atoms with E-state index in [9.17, 15) is 4.79 Å². The molecule has 1 amide bonds. The van der Waals surface area contributed by atoms with E-state index in [1.165, 1.54) is 16.0 Å². The standard InChI is InChI=1S/C13H11N5OS/c1-18-11(4-7-15-18)12(19)17-13-16-10(8-20-13)9-2-5-14-6-3-9/h2-8H,1H3,(H,16,17,19). The monoisotopic (exact) mass is 285 g/mol. The Morgan fingerprint density at radius 1 is 1.25 bits per heavy atom. The van der Waals surface area contributed by atoms with Crippen LogP contribution in [0.3, 0.4) is 0 Å². The number of nitrogens with one attached hydrogen (secondary N) is 1. The zero-order valence-corrected chi connectivity index (χ0v) is 11.5. The summed E-state index contributed by atoms with van der Waals surface area (Å²) in [5.41, 5.74) is 2.28. The Hall–Kier alpha value is -2.54. The molecule has 0 radical (unpaired) electrons. The molecule has 1 N–H and O–H groups in total. The molecule has 6 nitrogen and oxygen atoms in total. The van der Waals surface area contributed by atoms with Gasteiger partial charge in [0.2, 0.25) is 0 Å². The molecule has 7 heteroatoms. The highest BCUT2D eigenvalue weighted by Gasteiger charge is 2.12. The van der Waals surface area contributed by atoms with Crippen LogP contribution in [0.5, 0.6) is 0 Å². The Kier molecular flexibility index (Phi) is 3.26. The first kappa shape index (κ1) is 12.5. The van der Waals surface area contributed by atoms with Crippen LogP contribution in [0.1, 0.15) is 10.5 Å². The normalized spacial score (nSPS) is 10.4. The number of thiazole rings is 1. The Labute approximate surface area is 119 Å². The van der Waals surface area contributed by atoms with Crippen molar-refractivity contribution in [2.45, 2.75) is 0 Å². The number of carbonyl (C=O) groups is 1. The molecule has 3 aromatic rings. The predicted octanol–water partition coefficient (Wildman–Crippen LogP) is 2.19. The van der Waals surface area contributed by atoms with E-state index >= 15 is 0 Å². The van der Waals surface area contributed by atoms with Gasteiger partial charge in [0.25, 0.3) is 5.91 Å². The van der Waals surface area contributed by atoms with Crippen LogP contribution in [0.4, 0.5) is 5.13 Å². The molecule has 0 saturated heterocycles. The first-order valence-corrected chi connectivity index (χ1v) is 6.77. The summed E-state index contributed by atoms with van der Waals surface area (Å²) in [5.74, 6) is -0.222. The van der Waals surface area contributed by atoms with Crippen LogP contribution in [0.2, 0.25) is 0 Å². The average molecular weight is 285 g/mol. The van der Waals surface area contributed by atoms with Gasteiger partial charge in [0.15, 0.2) is 5.13 Å². The third-order valence-corrected chi connectivity index (χ3v) is 3.51. The fourth-order valence-electron chi connectivity index (χ4n) is 1.74. The molecule has 0 aliphatic carbocycles. The fraction of sp³-hybridized carbons (Fsp3) is 0.0769. The lowest BCUT2D eigenvalue weighted by atomic mass is 10.2. The minimum absolute atomic E-state index is 0.222. The maximum Gasteiger partial charge on any atom is 0.275 e. The van der Waals surface area contributed by atoms with E-state index in [4.69, 9.17) is 0 Å². The summed E-state index contributed by atoms with van der Waals surface area (Å²) < 4.78 is 1.52. The third kappa shape index (κ3) is 2.43. The molecular formula is C13H11N5OS. The number of amides is 1. The van der Waals surface area contributed by atoms with Gasteiger partial charge in [-0.2, -0.15) is 5.10 Å². The molecule has 3 rings (SSSR count). The first-order valence-electron chi connectivity index (χ1n) is 5.89. The number of rotatable bonds is 3. The van der Waals surface area contributed by atoms with E-state index in [1.807, 2.05) is 17.5 Å². The SMILES string of the molecule is Cn1nccc1C(=O)Nc1nc(-c2ccncc2)cs1. The van der Waals surface area contributed by atoms with Crippen LogP contribution in [-0.2, 0) is 7.05 Å². The van der Waals surface area contributed by atoms with Crippen molar-refractivity contribution in [3.8, 4) is 11.3 Å². The smallest absolute Gasteiger partial charge is 0.275 e. The number of nitrogens with zero attached hydrogens (tertiary/aromatic N) is 4. The number of hydrogen-bond donors (Lipinski definition) is 1. The van der Waals surface area contributed by atoms with Gasteiger partial charge in [0.05, 0.1) is 5.69 Å². The number of carbonyl (C=O) groups excluding carboxylic acids is 1. The van der Waals surface area contributed by atoms with Crippen LogP contribution < -0.4 is 5.32 Å². The number of pyridine rings is 1. The summed E-state index contributed by atoms with van der Waals surface area (Å²) in [5, 5.41) is 9.19. The molecule has 0 fully saturated rings. The van der Waals surface area contributed by atoms with Gasteiger partial charge in [-0.3, -0.25) is 19.8 Å². The van der Waals surface area contributed by atoms with E-state index < -0.39 is 0 Å². The van der Waals surface area contributed by atoms with E-state index in [0.717, 1.165) is 11.3 Å². The van der Waals surface area contributed by atoms with E-state index in [1.54, 1.807) is 31.7 Å². The maximum atomic E-state index is 12.0. The largest absolute Gasteiger partial charge is 0.296 e. The fourth-order valence-corrected chi connectivity index (χ4v) is 2.46. The second-order valence-corrected chi connectivity index (χ2v) is 4.93. The third-order valence-electron chi connectivity index (χ3n) is 2.75. The Morgan fingerprint density at radius 2 is 2.05 bits per heavy atom. The molecule has 100 valence electrons. The first-order chi connectivity index (χ1) is 9.74. The molecule has 0 spiro atoms. The van der Waals surface area contributed by atoms with Gasteiger partial charge in [-0.05, 0) is 18.2 Å². The molecule has 20 heavy (non-hydrogen) atoms. The van der Waals surface area contributed by atoms with Crippen molar-refractivity contribution < 1.29 is 4.79 Å². The van der Waals surface area contributed by atoms with Crippen LogP contribution in [0, 0.1) is 0 Å². The summed E-state index contributed by atoms with van der Waals surface area (Å²) in [6, 6.07) is 5.41. The zero-order valence-electron chi connectivity index (χ0n) is 10.6. The van der Waals surface area contributed by atoms with Gasteiger partial charge >= 0.3 is 0 Å². The molecule has 0 bridgehead atoms. The number of hydrogen-bond acceptors (Lipinski definition) is 5. The molecule has 0 unspecified atom stereocenters. The molecule has 0 aromatic carbocycles. The predicted molar refractivity (Wildman–Crippen MR) is 76.5 cm³/mol. The lowest BCUT2D eigenvalue weighted by Gasteiger charge is -2.01. The number of aromatic nitrogens is 4. The molecule has 3 aromatic heterocycles. The van der Waals surface area contributed by atoms with E-state index in [2.05, 4.69) is 20.4 Å². The summed E-state index contributed by atoms with van der Waals surface area (Å²) >= 11 is 1.38. The van der Waals surface area contributed by atoms with Crippen molar-refractivity contribution >= 4 is 22.4 Å². The second-order valence-electron chi connectivity index (χ2n) is 4.07. The summed E-state index contributed by atoms with van der Waals surface area (Å²) in [4.78, 5) is 20.4. The minimum Gasteiger partial charge on any atom is -0.296 e. The van der Waals surface area contributed by atoms with Crippen LogP contribution in [-0.4, -0.2) is 25.7 Å². The van der Waals surface area contributed by atoms with E-state index in [-0.39, 0.29) is 5.91 Å². The maximum absolute atomic E-state index is 12.0. The van der Waals surface area contributed by atoms with Gasteiger partial charge < -0.3 is 0 Å². The Bertz CT molecular complexity index is 734. The molecule has 0 aliphatic rings. The van der Waals surface area contributed by atoms with Crippen molar-refractivity contribution in [2.75, 3.05) is 5.32 Å². The van der Waals surface area contributed by atoms with Crippen LogP contribution in [0.15, 0.2) is 42.2 Å². The highest BCUT2D eigenvalue weighted by atomic mass is 32.1. The van der Waals surface area contributed by atoms with Crippen molar-refractivity contribution in [1.82, 2.24) is 19.7 Å². The van der Waals surface area contributed by atoms with Gasteiger partial charge in [0, 0.05) is 36.6 Å². The molecule has 0 atom stereocenters. The zero-order chi connectivity index (χ0) is 13.9. The second kappa shape index (κ2) is 5.22. The summed E-state index contributed by atoms with van der Waals surface area (Å²) in [7, 11) is 1.72. The highest BCUT2D eigenvalue weighted by Crippen LogP contribution is 2.24. The molecule has 0 aliphatic heterocycles. The lowest BCUT2D eigenvalue weighted by Crippen LogP contribution is -2.15. The number of aryl methyl sites for hydroxylation is 1. The van der Waals surface area contributed by atoms with Gasteiger partial charge in [-0.25, -0.2) is 4.98 Å². The highest BCUT2D eigenvalue weighted by molar-refractivity contribution is 7.14. The molecule has 3 heterocycles. The van der Waals surface area contributed by atoms with Crippen LogP contribution >= 0.6 is 11.3 Å². The quantitative estimate of drug-likeness (QED) is 0.800. The average Bonchev–Trinajstić information content (AvgIpc) is 3.09. The molecule has 0 saturated carbocycles. The van der Waals surface area contributed by atoms with Crippen LogP contribution in [0.25, 0.3) is 11.3 Å². The Balaban J connectivity index is 1.78. The van der Waals surface area contributed by atoms with Crippen molar-refractivity contribution in [3.05, 3.63) is 47.9 Å². The minimum atomic E-state index is -0.222. The van der Waals surface area contributed by atoms with Gasteiger partial charge in [-0.15, -0.1) is 11.3 Å². The van der Waals surface area contributed by atoms with Gasteiger partial charge in [0.1, 0.15) is 5.69 Å². The Morgan fingerprint density at radius 3 is 2.75 bits per heavy atom. The van der Waals surface area contributed by atoms with Crippen molar-refractivity contribution in [2.24, 2.45) is 7.05 Å². The summed E-state index contributed by atoms with van der Waals surface area (Å²) in [6.45, 7) is 0. The van der Waals surface area contributed by atoms with Gasteiger partial charge in [-0.1, -0.05) is 0 Å². The lowest BCUT2D eigenvalue weighted by molar-refractivity contribution is 0.101.